The molecule has 0 saturated heterocycles. The highest BCUT2D eigenvalue weighted by Crippen LogP contribution is 2.30. The van der Waals surface area contributed by atoms with Gasteiger partial charge in [0.2, 0.25) is 0 Å². The number of phenolic OH excluding ortho intramolecular Hbond substituents is 1. The monoisotopic (exact) mass is 480 g/mol. The number of halogens is 3. The third kappa shape index (κ3) is 4.17. The van der Waals surface area contributed by atoms with Gasteiger partial charge in [0, 0.05) is 15.6 Å². The number of amides is 1. The van der Waals surface area contributed by atoms with Gasteiger partial charge in [-0.15, -0.1) is 0 Å². The van der Waals surface area contributed by atoms with Gasteiger partial charge in [-0.05, 0) is 58.4 Å². The standard InChI is InChI=1S/C17H11Br2FN4O2/c18-11-5-10(16(25)13(19)6-11)8-21-24-17(26)15-7-14(22-23-15)9-1-3-12(20)4-2-9/h1-8,25H,(H,22,23)(H,24,26)/b21-8+. The fraction of sp³-hybridized carbons (Fsp3) is 0. The highest BCUT2D eigenvalue weighted by Gasteiger charge is 2.11. The first-order chi connectivity index (χ1) is 12.4. The lowest BCUT2D eigenvalue weighted by atomic mass is 10.1. The summed E-state index contributed by atoms with van der Waals surface area (Å²) in [6.07, 6.45) is 1.32. The van der Waals surface area contributed by atoms with Crippen LogP contribution < -0.4 is 5.43 Å². The number of H-pyrrole nitrogens is 1. The van der Waals surface area contributed by atoms with E-state index >= 15 is 0 Å². The van der Waals surface area contributed by atoms with Crippen molar-refractivity contribution in [2.45, 2.75) is 0 Å². The minimum atomic E-state index is -0.504. The molecule has 0 unspecified atom stereocenters. The molecule has 0 bridgehead atoms. The van der Waals surface area contributed by atoms with Crippen molar-refractivity contribution in [2.24, 2.45) is 5.10 Å². The molecule has 3 aromatic rings. The number of carbonyl (C=O) groups is 1. The summed E-state index contributed by atoms with van der Waals surface area (Å²) in [7, 11) is 0. The second kappa shape index (κ2) is 7.79. The SMILES string of the molecule is O=C(N/N=C/c1cc(Br)cc(Br)c1O)c1cc(-c2ccc(F)cc2)n[nH]1. The third-order valence-corrected chi connectivity index (χ3v) is 4.45. The van der Waals surface area contributed by atoms with Crippen LogP contribution in [0, 0.1) is 5.82 Å². The van der Waals surface area contributed by atoms with Gasteiger partial charge in [-0.3, -0.25) is 9.89 Å². The maximum Gasteiger partial charge on any atom is 0.289 e. The van der Waals surface area contributed by atoms with Crippen molar-refractivity contribution in [3.8, 4) is 17.0 Å². The van der Waals surface area contributed by atoms with Gasteiger partial charge >= 0.3 is 0 Å². The zero-order valence-corrected chi connectivity index (χ0v) is 16.2. The molecule has 3 N–H and O–H groups in total. The molecular weight excluding hydrogens is 471 g/mol. The molecule has 0 fully saturated rings. The first-order valence-corrected chi connectivity index (χ1v) is 8.85. The second-order valence-electron chi connectivity index (χ2n) is 5.20. The van der Waals surface area contributed by atoms with Crippen LogP contribution in [0.3, 0.4) is 0 Å². The van der Waals surface area contributed by atoms with Crippen molar-refractivity contribution in [2.75, 3.05) is 0 Å². The minimum absolute atomic E-state index is 0.00587. The fourth-order valence-corrected chi connectivity index (χ4v) is 3.37. The van der Waals surface area contributed by atoms with Crippen LogP contribution in [0.2, 0.25) is 0 Å². The minimum Gasteiger partial charge on any atom is -0.506 e. The number of benzene rings is 2. The number of hydrogen-bond donors (Lipinski definition) is 3. The maximum absolute atomic E-state index is 13.0. The molecule has 0 spiro atoms. The van der Waals surface area contributed by atoms with Crippen LogP contribution in [0.4, 0.5) is 4.39 Å². The predicted molar refractivity (Wildman–Crippen MR) is 103 cm³/mol. The third-order valence-electron chi connectivity index (χ3n) is 3.39. The van der Waals surface area contributed by atoms with Gasteiger partial charge < -0.3 is 5.11 Å². The zero-order valence-electron chi connectivity index (χ0n) is 13.0. The van der Waals surface area contributed by atoms with Gasteiger partial charge in [-0.2, -0.15) is 10.2 Å². The smallest absolute Gasteiger partial charge is 0.289 e. The molecule has 26 heavy (non-hydrogen) atoms. The molecule has 9 heteroatoms. The lowest BCUT2D eigenvalue weighted by Gasteiger charge is -2.02. The highest BCUT2D eigenvalue weighted by molar-refractivity contribution is 9.11. The number of hydrazone groups is 1. The number of aromatic nitrogens is 2. The number of carbonyl (C=O) groups excluding carboxylic acids is 1. The number of aromatic hydroxyl groups is 1. The Bertz CT molecular complexity index is 987. The van der Waals surface area contributed by atoms with Crippen molar-refractivity contribution >= 4 is 44.0 Å². The number of phenols is 1. The highest BCUT2D eigenvalue weighted by atomic mass is 79.9. The van der Waals surface area contributed by atoms with Crippen LogP contribution in [0.15, 0.2) is 56.5 Å². The van der Waals surface area contributed by atoms with Crippen molar-refractivity contribution in [1.29, 1.82) is 0 Å². The van der Waals surface area contributed by atoms with Crippen molar-refractivity contribution in [1.82, 2.24) is 15.6 Å². The van der Waals surface area contributed by atoms with E-state index in [1.54, 1.807) is 24.3 Å². The molecule has 0 aliphatic rings. The van der Waals surface area contributed by atoms with E-state index in [4.69, 9.17) is 0 Å². The van der Waals surface area contributed by atoms with E-state index in [9.17, 15) is 14.3 Å². The van der Waals surface area contributed by atoms with Crippen LogP contribution in [0.25, 0.3) is 11.3 Å². The number of hydrogen-bond acceptors (Lipinski definition) is 4. The molecular formula is C17H11Br2FN4O2. The second-order valence-corrected chi connectivity index (χ2v) is 6.97. The Hall–Kier alpha value is -2.52. The molecule has 1 heterocycles. The summed E-state index contributed by atoms with van der Waals surface area (Å²) >= 11 is 6.53. The molecule has 132 valence electrons. The molecule has 0 aliphatic heterocycles. The van der Waals surface area contributed by atoms with Crippen LogP contribution in [-0.4, -0.2) is 27.4 Å². The summed E-state index contributed by atoms with van der Waals surface area (Å²) in [6.45, 7) is 0. The quantitative estimate of drug-likeness (QED) is 0.385. The largest absolute Gasteiger partial charge is 0.506 e. The molecule has 0 radical (unpaired) electrons. The molecule has 1 aromatic heterocycles. The Kier molecular flexibility index (Phi) is 5.48. The normalized spacial score (nSPS) is 11.0. The topological polar surface area (TPSA) is 90.4 Å². The van der Waals surface area contributed by atoms with Crippen LogP contribution in [-0.2, 0) is 0 Å². The average molecular weight is 482 g/mol. The molecule has 1 amide bonds. The summed E-state index contributed by atoms with van der Waals surface area (Å²) in [5.74, 6) is -0.846. The fourth-order valence-electron chi connectivity index (χ4n) is 2.11. The Labute approximate surface area is 164 Å². The Morgan fingerprint density at radius 1 is 1.23 bits per heavy atom. The average Bonchev–Trinajstić information content (AvgIpc) is 3.09. The number of rotatable bonds is 4. The van der Waals surface area contributed by atoms with Gasteiger partial charge in [-0.1, -0.05) is 15.9 Å². The van der Waals surface area contributed by atoms with Crippen molar-refractivity contribution in [3.63, 3.8) is 0 Å². The van der Waals surface area contributed by atoms with Crippen LogP contribution in [0.5, 0.6) is 5.75 Å². The van der Waals surface area contributed by atoms with Gasteiger partial charge in [-0.25, -0.2) is 9.82 Å². The van der Waals surface area contributed by atoms with E-state index in [0.717, 1.165) is 4.47 Å². The molecule has 0 saturated carbocycles. The number of nitrogens with zero attached hydrogens (tertiary/aromatic N) is 2. The first kappa shape index (κ1) is 18.3. The number of aromatic amines is 1. The lowest BCUT2D eigenvalue weighted by molar-refractivity contribution is 0.0950. The van der Waals surface area contributed by atoms with Crippen LogP contribution >= 0.6 is 31.9 Å². The summed E-state index contributed by atoms with van der Waals surface area (Å²) in [4.78, 5) is 12.1. The number of nitrogens with one attached hydrogen (secondary N) is 2. The summed E-state index contributed by atoms with van der Waals surface area (Å²) in [5, 5.41) is 20.4. The zero-order chi connectivity index (χ0) is 18.7. The molecule has 6 nitrogen and oxygen atoms in total. The van der Waals surface area contributed by atoms with Gasteiger partial charge in [0.05, 0.1) is 16.4 Å². The summed E-state index contributed by atoms with van der Waals surface area (Å²) < 4.78 is 14.2. The van der Waals surface area contributed by atoms with E-state index < -0.39 is 5.91 Å². The Morgan fingerprint density at radius 3 is 2.69 bits per heavy atom. The van der Waals surface area contributed by atoms with Gasteiger partial charge in [0.15, 0.2) is 0 Å². The van der Waals surface area contributed by atoms with Gasteiger partial charge in [0.25, 0.3) is 5.91 Å². The Balaban J connectivity index is 1.70. The molecule has 0 atom stereocenters. The predicted octanol–water partition coefficient (Wildman–Crippen LogP) is 4.21. The lowest BCUT2D eigenvalue weighted by Crippen LogP contribution is -2.18. The van der Waals surface area contributed by atoms with E-state index in [0.29, 0.717) is 21.3 Å². The van der Waals surface area contributed by atoms with Crippen molar-refractivity contribution in [3.05, 3.63) is 68.5 Å². The van der Waals surface area contributed by atoms with E-state index in [1.165, 1.54) is 24.4 Å². The van der Waals surface area contributed by atoms with Gasteiger partial charge in [0.1, 0.15) is 17.3 Å². The van der Waals surface area contributed by atoms with Crippen LogP contribution in [0.1, 0.15) is 16.1 Å². The maximum atomic E-state index is 13.0. The Morgan fingerprint density at radius 2 is 1.96 bits per heavy atom. The molecule has 0 aliphatic carbocycles. The van der Waals surface area contributed by atoms with E-state index in [-0.39, 0.29) is 17.3 Å². The summed E-state index contributed by atoms with van der Waals surface area (Å²) in [5.41, 5.74) is 4.14. The van der Waals surface area contributed by atoms with Crippen molar-refractivity contribution < 1.29 is 14.3 Å². The van der Waals surface area contributed by atoms with E-state index in [2.05, 4.69) is 52.6 Å². The molecule has 2 aromatic carbocycles. The van der Waals surface area contributed by atoms with E-state index in [1.807, 2.05) is 0 Å². The summed E-state index contributed by atoms with van der Waals surface area (Å²) in [6, 6.07) is 10.6. The first-order valence-electron chi connectivity index (χ1n) is 7.27. The molecule has 3 rings (SSSR count).